The number of hydrogen-bond donors (Lipinski definition) is 3. The summed E-state index contributed by atoms with van der Waals surface area (Å²) in [4.78, 5) is 22.7. The second-order valence-electron chi connectivity index (χ2n) is 4.97. The first-order valence-electron chi connectivity index (χ1n) is 6.15. The predicted molar refractivity (Wildman–Crippen MR) is 68.3 cm³/mol. The van der Waals surface area contributed by atoms with Crippen molar-refractivity contribution in [2.24, 2.45) is 17.6 Å². The van der Waals surface area contributed by atoms with Crippen LogP contribution in [0.5, 0.6) is 0 Å². The molecule has 0 aromatic heterocycles. The number of hydrogen-bond acceptors (Lipinski definition) is 3. The van der Waals surface area contributed by atoms with Gasteiger partial charge in [-0.1, -0.05) is 27.7 Å². The van der Waals surface area contributed by atoms with Crippen LogP contribution in [0.1, 0.15) is 34.1 Å². The Hall–Kier alpha value is -1.10. The third-order valence-electron chi connectivity index (χ3n) is 2.31. The molecule has 0 saturated heterocycles. The van der Waals surface area contributed by atoms with Crippen molar-refractivity contribution >= 4 is 11.8 Å². The minimum atomic E-state index is -0.462. The van der Waals surface area contributed by atoms with Crippen molar-refractivity contribution < 1.29 is 9.59 Å². The molecule has 0 aliphatic rings. The van der Waals surface area contributed by atoms with Gasteiger partial charge in [-0.05, 0) is 12.3 Å². The van der Waals surface area contributed by atoms with E-state index in [4.69, 9.17) is 5.73 Å². The summed E-state index contributed by atoms with van der Waals surface area (Å²) in [6, 6.07) is -0.462. The summed E-state index contributed by atoms with van der Waals surface area (Å²) in [6.45, 7) is 8.56. The van der Waals surface area contributed by atoms with Crippen LogP contribution in [-0.4, -0.2) is 30.9 Å². The van der Waals surface area contributed by atoms with Gasteiger partial charge in [0.05, 0.1) is 6.04 Å². The molecule has 0 unspecified atom stereocenters. The maximum Gasteiger partial charge on any atom is 0.236 e. The van der Waals surface area contributed by atoms with Crippen LogP contribution in [0, 0.1) is 11.8 Å². The normalized spacial score (nSPS) is 12.6. The van der Waals surface area contributed by atoms with Crippen molar-refractivity contribution in [3.8, 4) is 0 Å². The highest BCUT2D eigenvalue weighted by Gasteiger charge is 2.14. The largest absolute Gasteiger partial charge is 0.354 e. The second kappa shape index (κ2) is 8.06. The average Bonchev–Trinajstić information content (AvgIpc) is 2.22. The van der Waals surface area contributed by atoms with Crippen LogP contribution < -0.4 is 16.4 Å². The molecular weight excluding hydrogens is 218 g/mol. The molecule has 4 N–H and O–H groups in total. The molecule has 0 bridgehead atoms. The van der Waals surface area contributed by atoms with Gasteiger partial charge in [-0.15, -0.1) is 0 Å². The van der Waals surface area contributed by atoms with E-state index in [1.807, 2.05) is 27.7 Å². The molecule has 0 aliphatic carbocycles. The molecule has 0 fully saturated rings. The maximum absolute atomic E-state index is 11.5. The smallest absolute Gasteiger partial charge is 0.236 e. The molecule has 0 aromatic carbocycles. The molecule has 5 heteroatoms. The molecule has 0 radical (unpaired) electrons. The number of carbonyl (C=O) groups is 2. The summed E-state index contributed by atoms with van der Waals surface area (Å²) >= 11 is 0. The Morgan fingerprint density at radius 3 is 1.88 bits per heavy atom. The van der Waals surface area contributed by atoms with Gasteiger partial charge in [0, 0.05) is 19.0 Å². The fraction of sp³-hybridized carbons (Fsp3) is 0.833. The number of nitrogens with two attached hydrogens (primary N) is 1. The second-order valence-corrected chi connectivity index (χ2v) is 4.97. The van der Waals surface area contributed by atoms with Gasteiger partial charge in [0.1, 0.15) is 0 Å². The molecule has 0 spiro atoms. The standard InChI is InChI=1S/C12H25N3O2/c1-8(2)7-10(13)12(17)15-6-5-14-11(16)9(3)4/h8-10H,5-7,13H2,1-4H3,(H,14,16)(H,15,17)/t10-/m1/s1. The average molecular weight is 243 g/mol. The van der Waals surface area contributed by atoms with Crippen LogP contribution in [0.4, 0.5) is 0 Å². The van der Waals surface area contributed by atoms with Gasteiger partial charge >= 0.3 is 0 Å². The Morgan fingerprint density at radius 2 is 1.47 bits per heavy atom. The zero-order chi connectivity index (χ0) is 13.4. The first-order chi connectivity index (χ1) is 7.84. The van der Waals surface area contributed by atoms with Crippen molar-refractivity contribution in [3.63, 3.8) is 0 Å². The predicted octanol–water partition coefficient (Wildman–Crippen LogP) is 0.248. The van der Waals surface area contributed by atoms with Crippen LogP contribution in [0.15, 0.2) is 0 Å². The molecule has 1 atom stereocenters. The molecule has 0 heterocycles. The fourth-order valence-corrected chi connectivity index (χ4v) is 1.32. The number of nitrogens with one attached hydrogen (secondary N) is 2. The van der Waals surface area contributed by atoms with Crippen LogP contribution in [-0.2, 0) is 9.59 Å². The molecule has 5 nitrogen and oxygen atoms in total. The van der Waals surface area contributed by atoms with Gasteiger partial charge in [-0.3, -0.25) is 9.59 Å². The zero-order valence-electron chi connectivity index (χ0n) is 11.2. The summed E-state index contributed by atoms with van der Waals surface area (Å²) < 4.78 is 0. The number of amides is 2. The highest BCUT2D eigenvalue weighted by Crippen LogP contribution is 2.02. The van der Waals surface area contributed by atoms with Gasteiger partial charge in [-0.2, -0.15) is 0 Å². The monoisotopic (exact) mass is 243 g/mol. The Kier molecular flexibility index (Phi) is 7.54. The molecule has 0 aliphatic heterocycles. The minimum absolute atomic E-state index is 0.00859. The fourth-order valence-electron chi connectivity index (χ4n) is 1.32. The van der Waals surface area contributed by atoms with Gasteiger partial charge in [0.2, 0.25) is 11.8 Å². The molecular formula is C12H25N3O2. The van der Waals surface area contributed by atoms with E-state index in [-0.39, 0.29) is 17.7 Å². The summed E-state index contributed by atoms with van der Waals surface area (Å²) in [7, 11) is 0. The van der Waals surface area contributed by atoms with Gasteiger partial charge in [-0.25, -0.2) is 0 Å². The first-order valence-corrected chi connectivity index (χ1v) is 6.15. The van der Waals surface area contributed by atoms with E-state index < -0.39 is 6.04 Å². The van der Waals surface area contributed by atoms with E-state index in [1.54, 1.807) is 0 Å². The number of carbonyl (C=O) groups excluding carboxylic acids is 2. The Labute approximate surface area is 104 Å². The Morgan fingerprint density at radius 1 is 1.00 bits per heavy atom. The Bertz CT molecular complexity index is 252. The molecule has 0 saturated carbocycles. The highest BCUT2D eigenvalue weighted by molar-refractivity contribution is 5.81. The van der Waals surface area contributed by atoms with Crippen LogP contribution in [0.2, 0.25) is 0 Å². The zero-order valence-corrected chi connectivity index (χ0v) is 11.2. The van der Waals surface area contributed by atoms with Gasteiger partial charge < -0.3 is 16.4 Å². The summed E-state index contributed by atoms with van der Waals surface area (Å²) in [5.74, 6) is 0.202. The lowest BCUT2D eigenvalue weighted by Crippen LogP contribution is -2.44. The Balaban J connectivity index is 3.68. The van der Waals surface area contributed by atoms with E-state index in [0.29, 0.717) is 25.4 Å². The summed E-state index contributed by atoms with van der Waals surface area (Å²) in [6.07, 6.45) is 0.671. The van der Waals surface area contributed by atoms with Crippen LogP contribution in [0.25, 0.3) is 0 Å². The van der Waals surface area contributed by atoms with E-state index in [9.17, 15) is 9.59 Å². The summed E-state index contributed by atoms with van der Waals surface area (Å²) in [5.41, 5.74) is 5.71. The van der Waals surface area contributed by atoms with E-state index >= 15 is 0 Å². The van der Waals surface area contributed by atoms with Crippen molar-refractivity contribution in [3.05, 3.63) is 0 Å². The summed E-state index contributed by atoms with van der Waals surface area (Å²) in [5, 5.41) is 5.43. The lowest BCUT2D eigenvalue weighted by Gasteiger charge is -2.14. The van der Waals surface area contributed by atoms with Crippen molar-refractivity contribution in [2.45, 2.75) is 40.2 Å². The lowest BCUT2D eigenvalue weighted by atomic mass is 10.0. The molecule has 0 aromatic rings. The van der Waals surface area contributed by atoms with Crippen LogP contribution >= 0.6 is 0 Å². The van der Waals surface area contributed by atoms with Crippen molar-refractivity contribution in [2.75, 3.05) is 13.1 Å². The molecule has 0 rings (SSSR count). The molecule has 2 amide bonds. The van der Waals surface area contributed by atoms with Gasteiger partial charge in [0.15, 0.2) is 0 Å². The van der Waals surface area contributed by atoms with E-state index in [0.717, 1.165) is 0 Å². The molecule has 17 heavy (non-hydrogen) atoms. The minimum Gasteiger partial charge on any atom is -0.354 e. The quantitative estimate of drug-likeness (QED) is 0.560. The van der Waals surface area contributed by atoms with E-state index in [1.165, 1.54) is 0 Å². The topological polar surface area (TPSA) is 84.2 Å². The van der Waals surface area contributed by atoms with E-state index in [2.05, 4.69) is 10.6 Å². The molecule has 100 valence electrons. The third kappa shape index (κ3) is 7.74. The van der Waals surface area contributed by atoms with Crippen molar-refractivity contribution in [1.29, 1.82) is 0 Å². The van der Waals surface area contributed by atoms with Gasteiger partial charge in [0.25, 0.3) is 0 Å². The maximum atomic E-state index is 11.5. The highest BCUT2D eigenvalue weighted by atomic mass is 16.2. The third-order valence-corrected chi connectivity index (χ3v) is 2.31. The number of rotatable bonds is 7. The lowest BCUT2D eigenvalue weighted by molar-refractivity contribution is -0.125. The van der Waals surface area contributed by atoms with Crippen LogP contribution in [0.3, 0.4) is 0 Å². The van der Waals surface area contributed by atoms with Crippen molar-refractivity contribution in [1.82, 2.24) is 10.6 Å². The SMILES string of the molecule is CC(C)C[C@@H](N)C(=O)NCCNC(=O)C(C)C. The first kappa shape index (κ1) is 15.9.